The zero-order chi connectivity index (χ0) is 23.4. The SMILES string of the molecule is COc1cc(/C=C2/SC(=Nc3ccc(C)cc3)NC2=O)ccc1Oc1ccc([N+](=O)[O-])cn1. The first-order valence-electron chi connectivity index (χ1n) is 9.74. The Balaban J connectivity index is 1.51. The van der Waals surface area contributed by atoms with Crippen molar-refractivity contribution in [1.82, 2.24) is 10.3 Å². The number of pyridine rings is 1. The van der Waals surface area contributed by atoms with Crippen molar-refractivity contribution in [3.63, 3.8) is 0 Å². The number of ether oxygens (including phenoxy) is 2. The number of rotatable bonds is 6. The van der Waals surface area contributed by atoms with Crippen LogP contribution in [0.3, 0.4) is 0 Å². The zero-order valence-corrected chi connectivity index (χ0v) is 18.5. The van der Waals surface area contributed by atoms with Crippen LogP contribution in [0.1, 0.15) is 11.1 Å². The van der Waals surface area contributed by atoms with Gasteiger partial charge in [-0.15, -0.1) is 0 Å². The normalized spacial score (nSPS) is 15.5. The van der Waals surface area contributed by atoms with Gasteiger partial charge in [0.1, 0.15) is 6.20 Å². The first-order valence-corrected chi connectivity index (χ1v) is 10.6. The lowest BCUT2D eigenvalue weighted by molar-refractivity contribution is -0.385. The predicted molar refractivity (Wildman–Crippen MR) is 126 cm³/mol. The van der Waals surface area contributed by atoms with E-state index in [1.165, 1.54) is 31.0 Å². The minimum absolute atomic E-state index is 0.131. The van der Waals surface area contributed by atoms with Crippen LogP contribution in [0.25, 0.3) is 6.08 Å². The Morgan fingerprint density at radius 1 is 1.12 bits per heavy atom. The first-order chi connectivity index (χ1) is 15.9. The standard InChI is InChI=1S/C23H18N4O5S/c1-14-3-6-16(7-4-14)25-23-26-22(28)20(33-23)12-15-5-9-18(19(11-15)31-2)32-21-10-8-17(13-24-21)27(29)30/h3-13H,1-2H3,(H,25,26,28)/b20-12+. The first kappa shape index (κ1) is 22.0. The van der Waals surface area contributed by atoms with E-state index in [2.05, 4.69) is 15.3 Å². The minimum atomic E-state index is -0.534. The fourth-order valence-electron chi connectivity index (χ4n) is 2.88. The second kappa shape index (κ2) is 9.53. The van der Waals surface area contributed by atoms with Gasteiger partial charge < -0.3 is 14.8 Å². The summed E-state index contributed by atoms with van der Waals surface area (Å²) in [5, 5.41) is 14.0. The lowest BCUT2D eigenvalue weighted by atomic mass is 10.2. The summed E-state index contributed by atoms with van der Waals surface area (Å²) in [5.74, 6) is 0.750. The highest BCUT2D eigenvalue weighted by Crippen LogP contribution is 2.34. The summed E-state index contributed by atoms with van der Waals surface area (Å²) in [6.45, 7) is 2.00. The van der Waals surface area contributed by atoms with Gasteiger partial charge in [-0.2, -0.15) is 0 Å². The maximum atomic E-state index is 12.4. The monoisotopic (exact) mass is 462 g/mol. The van der Waals surface area contributed by atoms with Crippen molar-refractivity contribution in [1.29, 1.82) is 0 Å². The summed E-state index contributed by atoms with van der Waals surface area (Å²) >= 11 is 1.25. The van der Waals surface area contributed by atoms with Gasteiger partial charge in [-0.25, -0.2) is 9.98 Å². The lowest BCUT2D eigenvalue weighted by Gasteiger charge is -2.10. The van der Waals surface area contributed by atoms with Gasteiger partial charge in [0.05, 0.1) is 22.6 Å². The fourth-order valence-corrected chi connectivity index (χ4v) is 3.72. The molecule has 33 heavy (non-hydrogen) atoms. The molecule has 1 aliphatic heterocycles. The van der Waals surface area contributed by atoms with Gasteiger partial charge in [-0.1, -0.05) is 23.8 Å². The number of benzene rings is 2. The Labute approximate surface area is 193 Å². The van der Waals surface area contributed by atoms with Crippen LogP contribution in [0.15, 0.2) is 70.7 Å². The molecule has 9 nitrogen and oxygen atoms in total. The average Bonchev–Trinajstić information content (AvgIpc) is 3.15. The van der Waals surface area contributed by atoms with Crippen LogP contribution < -0.4 is 14.8 Å². The van der Waals surface area contributed by atoms with E-state index in [1.807, 2.05) is 31.2 Å². The van der Waals surface area contributed by atoms with Gasteiger partial charge in [0.25, 0.3) is 11.6 Å². The number of methoxy groups -OCH3 is 1. The summed E-state index contributed by atoms with van der Waals surface area (Å²) in [4.78, 5) is 31.5. The molecule has 10 heteroatoms. The number of aromatic nitrogens is 1. The molecular formula is C23H18N4O5S. The van der Waals surface area contributed by atoms with Gasteiger partial charge in [-0.3, -0.25) is 14.9 Å². The van der Waals surface area contributed by atoms with Crippen LogP contribution in [0.2, 0.25) is 0 Å². The molecule has 2 heterocycles. The van der Waals surface area contributed by atoms with Crippen LogP contribution in [0.5, 0.6) is 17.4 Å². The number of nitrogens with zero attached hydrogens (tertiary/aromatic N) is 3. The number of amides is 1. The quantitative estimate of drug-likeness (QED) is 0.312. The summed E-state index contributed by atoms with van der Waals surface area (Å²) in [7, 11) is 1.49. The van der Waals surface area contributed by atoms with Crippen LogP contribution in [0.4, 0.5) is 11.4 Å². The second-order valence-electron chi connectivity index (χ2n) is 6.94. The third-order valence-electron chi connectivity index (χ3n) is 4.55. The van der Waals surface area contributed by atoms with Crippen LogP contribution in [0, 0.1) is 17.0 Å². The molecule has 1 N–H and O–H groups in total. The molecule has 0 radical (unpaired) electrons. The van der Waals surface area contributed by atoms with Crippen LogP contribution >= 0.6 is 11.8 Å². The number of nitro groups is 1. The number of carbonyl (C=O) groups excluding carboxylic acids is 1. The summed E-state index contributed by atoms with van der Waals surface area (Å²) in [6, 6.07) is 15.6. The smallest absolute Gasteiger partial charge is 0.287 e. The van der Waals surface area contributed by atoms with Crippen LogP contribution in [-0.4, -0.2) is 28.1 Å². The molecule has 1 aliphatic rings. The number of thioether (sulfide) groups is 1. The van der Waals surface area contributed by atoms with Crippen molar-refractivity contribution in [2.75, 3.05) is 7.11 Å². The van der Waals surface area contributed by atoms with E-state index in [0.29, 0.717) is 21.6 Å². The van der Waals surface area contributed by atoms with Crippen molar-refractivity contribution in [3.8, 4) is 17.4 Å². The molecule has 1 aromatic heterocycles. The average molecular weight is 462 g/mol. The number of hydrogen-bond donors (Lipinski definition) is 1. The Bertz CT molecular complexity index is 1270. The molecule has 4 rings (SSSR count). The van der Waals surface area contributed by atoms with Crippen molar-refractivity contribution < 1.29 is 19.2 Å². The predicted octanol–water partition coefficient (Wildman–Crippen LogP) is 4.99. The third-order valence-corrected chi connectivity index (χ3v) is 5.46. The number of nitrogens with one attached hydrogen (secondary N) is 1. The maximum absolute atomic E-state index is 12.4. The van der Waals surface area contributed by atoms with Crippen molar-refractivity contribution >= 4 is 40.3 Å². The van der Waals surface area contributed by atoms with E-state index in [-0.39, 0.29) is 17.5 Å². The molecule has 0 bridgehead atoms. The topological polar surface area (TPSA) is 116 Å². The molecule has 3 aromatic rings. The van der Waals surface area contributed by atoms with Gasteiger partial charge in [0, 0.05) is 12.1 Å². The lowest BCUT2D eigenvalue weighted by Crippen LogP contribution is -2.19. The van der Waals surface area contributed by atoms with E-state index >= 15 is 0 Å². The second-order valence-corrected chi connectivity index (χ2v) is 7.97. The molecule has 0 atom stereocenters. The van der Waals surface area contributed by atoms with Crippen LogP contribution in [-0.2, 0) is 4.79 Å². The van der Waals surface area contributed by atoms with E-state index in [4.69, 9.17) is 9.47 Å². The van der Waals surface area contributed by atoms with E-state index < -0.39 is 4.92 Å². The molecule has 1 amide bonds. The number of amidine groups is 1. The third kappa shape index (κ3) is 5.36. The fraction of sp³-hybridized carbons (Fsp3) is 0.0870. The van der Waals surface area contributed by atoms with E-state index in [1.54, 1.807) is 24.3 Å². The maximum Gasteiger partial charge on any atom is 0.287 e. The summed E-state index contributed by atoms with van der Waals surface area (Å²) in [5.41, 5.74) is 2.49. The van der Waals surface area contributed by atoms with Gasteiger partial charge in [0.15, 0.2) is 16.7 Å². The highest BCUT2D eigenvalue weighted by atomic mass is 32.2. The molecule has 0 spiro atoms. The van der Waals surface area contributed by atoms with Gasteiger partial charge >= 0.3 is 0 Å². The number of hydrogen-bond acceptors (Lipinski definition) is 8. The van der Waals surface area contributed by atoms with Crippen molar-refractivity contribution in [3.05, 3.63) is 86.9 Å². The molecule has 0 saturated carbocycles. The number of aryl methyl sites for hydroxylation is 1. The highest BCUT2D eigenvalue weighted by molar-refractivity contribution is 8.18. The Kier molecular flexibility index (Phi) is 6.36. The van der Waals surface area contributed by atoms with Gasteiger partial charge in [-0.05, 0) is 54.6 Å². The van der Waals surface area contributed by atoms with E-state index in [9.17, 15) is 14.9 Å². The number of aliphatic imine (C=N–C) groups is 1. The van der Waals surface area contributed by atoms with Crippen molar-refractivity contribution in [2.24, 2.45) is 4.99 Å². The summed E-state index contributed by atoms with van der Waals surface area (Å²) < 4.78 is 11.1. The van der Waals surface area contributed by atoms with E-state index in [0.717, 1.165) is 23.0 Å². The van der Waals surface area contributed by atoms with Crippen molar-refractivity contribution in [2.45, 2.75) is 6.92 Å². The zero-order valence-electron chi connectivity index (χ0n) is 17.6. The molecule has 0 aliphatic carbocycles. The minimum Gasteiger partial charge on any atom is -0.493 e. The molecule has 1 saturated heterocycles. The Hall–Kier alpha value is -4.18. The molecule has 166 valence electrons. The Morgan fingerprint density at radius 3 is 2.58 bits per heavy atom. The summed E-state index contributed by atoms with van der Waals surface area (Å²) in [6.07, 6.45) is 2.85. The largest absolute Gasteiger partial charge is 0.493 e. The Morgan fingerprint density at radius 2 is 1.91 bits per heavy atom. The molecule has 2 aromatic carbocycles. The van der Waals surface area contributed by atoms with Gasteiger partial charge in [0.2, 0.25) is 5.88 Å². The molecular weight excluding hydrogens is 444 g/mol. The number of carbonyl (C=O) groups is 1. The molecule has 0 unspecified atom stereocenters. The highest BCUT2D eigenvalue weighted by Gasteiger charge is 2.24. The molecule has 1 fully saturated rings.